The smallest absolute Gasteiger partial charge is 0.162 e. The van der Waals surface area contributed by atoms with E-state index in [0.717, 1.165) is 41.8 Å². The van der Waals surface area contributed by atoms with E-state index in [9.17, 15) is 0 Å². The standard InChI is InChI=1S/C22H31N3O2/c1-4-10-25-11-6-7-15(14-25)23-22-16-8-5-9-18(16)24-19-13-21(27-3)20(26-2)12-17(19)22/h12-13,15H,4-11,14H2,1-3H3,(H,23,24)/t15-/m1/s1. The molecule has 4 rings (SSSR count). The topological polar surface area (TPSA) is 46.6 Å². The van der Waals surface area contributed by atoms with E-state index < -0.39 is 0 Å². The summed E-state index contributed by atoms with van der Waals surface area (Å²) >= 11 is 0. The van der Waals surface area contributed by atoms with Crippen molar-refractivity contribution in [3.63, 3.8) is 0 Å². The van der Waals surface area contributed by atoms with Crippen LogP contribution in [-0.2, 0) is 12.8 Å². The van der Waals surface area contributed by atoms with Gasteiger partial charge in [-0.15, -0.1) is 0 Å². The second-order valence-electron chi connectivity index (χ2n) is 7.77. The number of pyridine rings is 1. The van der Waals surface area contributed by atoms with E-state index in [1.807, 2.05) is 6.07 Å². The Labute approximate surface area is 162 Å². The van der Waals surface area contributed by atoms with Crippen molar-refractivity contribution in [3.8, 4) is 11.5 Å². The number of benzene rings is 1. The summed E-state index contributed by atoms with van der Waals surface area (Å²) in [5.41, 5.74) is 4.93. The molecular weight excluding hydrogens is 338 g/mol. The highest BCUT2D eigenvalue weighted by Crippen LogP contribution is 2.40. The summed E-state index contributed by atoms with van der Waals surface area (Å²) in [4.78, 5) is 7.54. The fraction of sp³-hybridized carbons (Fsp3) is 0.591. The Kier molecular flexibility index (Phi) is 5.39. The first-order chi connectivity index (χ1) is 13.2. The summed E-state index contributed by atoms with van der Waals surface area (Å²) in [6.45, 7) is 5.81. The minimum atomic E-state index is 0.494. The molecule has 27 heavy (non-hydrogen) atoms. The lowest BCUT2D eigenvalue weighted by Gasteiger charge is -2.34. The average molecular weight is 370 g/mol. The van der Waals surface area contributed by atoms with E-state index in [4.69, 9.17) is 14.5 Å². The predicted molar refractivity (Wildman–Crippen MR) is 110 cm³/mol. The molecule has 1 N–H and O–H groups in total. The van der Waals surface area contributed by atoms with Crippen molar-refractivity contribution in [1.29, 1.82) is 0 Å². The molecule has 0 saturated carbocycles. The van der Waals surface area contributed by atoms with Crippen molar-refractivity contribution >= 4 is 16.6 Å². The third-order valence-corrected chi connectivity index (χ3v) is 5.91. The quantitative estimate of drug-likeness (QED) is 0.833. The number of aromatic nitrogens is 1. The molecule has 1 aromatic heterocycles. The van der Waals surface area contributed by atoms with Gasteiger partial charge in [-0.1, -0.05) is 6.92 Å². The maximum absolute atomic E-state index is 5.57. The van der Waals surface area contributed by atoms with E-state index in [1.165, 1.54) is 55.7 Å². The van der Waals surface area contributed by atoms with Crippen LogP contribution in [0.15, 0.2) is 12.1 Å². The maximum Gasteiger partial charge on any atom is 0.162 e. The molecule has 2 aromatic rings. The monoisotopic (exact) mass is 369 g/mol. The van der Waals surface area contributed by atoms with Crippen LogP contribution in [0.25, 0.3) is 10.9 Å². The van der Waals surface area contributed by atoms with E-state index in [1.54, 1.807) is 14.2 Å². The van der Waals surface area contributed by atoms with Crippen LogP contribution < -0.4 is 14.8 Å². The Morgan fingerprint density at radius 3 is 2.74 bits per heavy atom. The van der Waals surface area contributed by atoms with Crippen LogP contribution in [0.4, 0.5) is 5.69 Å². The summed E-state index contributed by atoms with van der Waals surface area (Å²) in [7, 11) is 3.38. The molecule has 146 valence electrons. The number of fused-ring (bicyclic) bond motifs is 2. The zero-order valence-corrected chi connectivity index (χ0v) is 16.8. The lowest BCUT2D eigenvalue weighted by molar-refractivity contribution is 0.217. The second-order valence-corrected chi connectivity index (χ2v) is 7.77. The largest absolute Gasteiger partial charge is 0.493 e. The van der Waals surface area contributed by atoms with Crippen molar-refractivity contribution in [3.05, 3.63) is 23.4 Å². The molecule has 0 spiro atoms. The first kappa shape index (κ1) is 18.4. The molecule has 2 aliphatic rings. The molecule has 1 aliphatic heterocycles. The molecule has 0 unspecified atom stereocenters. The number of ether oxygens (including phenoxy) is 2. The lowest BCUT2D eigenvalue weighted by atomic mass is 10.0. The average Bonchev–Trinajstić information content (AvgIpc) is 3.15. The van der Waals surface area contributed by atoms with Crippen molar-refractivity contribution in [2.24, 2.45) is 0 Å². The number of nitrogens with zero attached hydrogens (tertiary/aromatic N) is 2. The molecule has 1 atom stereocenters. The number of anilines is 1. The van der Waals surface area contributed by atoms with Crippen LogP contribution in [0.1, 0.15) is 43.9 Å². The maximum atomic E-state index is 5.57. The fourth-order valence-corrected chi connectivity index (χ4v) is 4.65. The van der Waals surface area contributed by atoms with Crippen LogP contribution in [-0.4, -0.2) is 49.8 Å². The van der Waals surface area contributed by atoms with Gasteiger partial charge in [0.05, 0.1) is 19.7 Å². The molecule has 1 fully saturated rings. The van der Waals surface area contributed by atoms with E-state index >= 15 is 0 Å². The molecular formula is C22H31N3O2. The Hall–Kier alpha value is -2.01. The zero-order valence-electron chi connectivity index (χ0n) is 16.8. The van der Waals surface area contributed by atoms with Crippen molar-refractivity contribution in [2.75, 3.05) is 39.2 Å². The van der Waals surface area contributed by atoms with Gasteiger partial charge in [0.1, 0.15) is 0 Å². The Morgan fingerprint density at radius 2 is 1.96 bits per heavy atom. The summed E-state index contributed by atoms with van der Waals surface area (Å²) in [5, 5.41) is 5.08. The molecule has 0 amide bonds. The Bertz CT molecular complexity index is 819. The molecule has 0 radical (unpaired) electrons. The number of aryl methyl sites for hydroxylation is 1. The number of rotatable bonds is 6. The van der Waals surface area contributed by atoms with Crippen LogP contribution in [0.5, 0.6) is 11.5 Å². The number of likely N-dealkylation sites (tertiary alicyclic amines) is 1. The molecule has 5 heteroatoms. The van der Waals surface area contributed by atoms with E-state index in [2.05, 4.69) is 23.2 Å². The van der Waals surface area contributed by atoms with Gasteiger partial charge in [-0.25, -0.2) is 0 Å². The van der Waals surface area contributed by atoms with Crippen LogP contribution in [0.2, 0.25) is 0 Å². The van der Waals surface area contributed by atoms with Crippen LogP contribution in [0.3, 0.4) is 0 Å². The molecule has 5 nitrogen and oxygen atoms in total. The number of hydrogen-bond acceptors (Lipinski definition) is 5. The van der Waals surface area contributed by atoms with Gasteiger partial charge in [-0.2, -0.15) is 0 Å². The van der Waals surface area contributed by atoms with Gasteiger partial charge in [-0.05, 0) is 63.2 Å². The van der Waals surface area contributed by atoms with Gasteiger partial charge in [-0.3, -0.25) is 4.98 Å². The van der Waals surface area contributed by atoms with Crippen LogP contribution in [0, 0.1) is 0 Å². The third-order valence-electron chi connectivity index (χ3n) is 5.91. The lowest BCUT2D eigenvalue weighted by Crippen LogP contribution is -2.42. The summed E-state index contributed by atoms with van der Waals surface area (Å²) in [6.07, 6.45) is 7.08. The second kappa shape index (κ2) is 7.93. The fourth-order valence-electron chi connectivity index (χ4n) is 4.65. The first-order valence-electron chi connectivity index (χ1n) is 10.3. The molecule has 1 saturated heterocycles. The Balaban J connectivity index is 1.74. The number of hydrogen-bond donors (Lipinski definition) is 1. The molecule has 2 heterocycles. The van der Waals surface area contributed by atoms with Gasteiger partial charge >= 0.3 is 0 Å². The summed E-state index contributed by atoms with van der Waals surface area (Å²) in [6, 6.07) is 4.60. The highest BCUT2D eigenvalue weighted by atomic mass is 16.5. The van der Waals surface area contributed by atoms with E-state index in [0.29, 0.717) is 6.04 Å². The normalized spacial score (nSPS) is 19.9. The Morgan fingerprint density at radius 1 is 1.15 bits per heavy atom. The molecule has 0 bridgehead atoms. The SMILES string of the molecule is CCCN1CCC[C@@H](Nc2c3c(nc4cc(OC)c(OC)cc24)CCC3)C1. The molecule has 1 aromatic carbocycles. The van der Waals surface area contributed by atoms with Crippen molar-refractivity contribution in [2.45, 2.75) is 51.5 Å². The highest BCUT2D eigenvalue weighted by molar-refractivity contribution is 5.96. The first-order valence-corrected chi connectivity index (χ1v) is 10.3. The minimum absolute atomic E-state index is 0.494. The number of piperidine rings is 1. The van der Waals surface area contributed by atoms with Gasteiger partial charge < -0.3 is 19.7 Å². The van der Waals surface area contributed by atoms with Gasteiger partial charge in [0, 0.05) is 35.4 Å². The van der Waals surface area contributed by atoms with Crippen LogP contribution >= 0.6 is 0 Å². The van der Waals surface area contributed by atoms with Crippen molar-refractivity contribution in [1.82, 2.24) is 9.88 Å². The number of nitrogens with one attached hydrogen (secondary N) is 1. The predicted octanol–water partition coefficient (Wildman–Crippen LogP) is 4.03. The number of methoxy groups -OCH3 is 2. The molecule has 1 aliphatic carbocycles. The van der Waals surface area contributed by atoms with Gasteiger partial charge in [0.25, 0.3) is 0 Å². The highest BCUT2D eigenvalue weighted by Gasteiger charge is 2.25. The summed E-state index contributed by atoms with van der Waals surface area (Å²) in [5.74, 6) is 1.51. The summed E-state index contributed by atoms with van der Waals surface area (Å²) < 4.78 is 11.1. The van der Waals surface area contributed by atoms with Gasteiger partial charge in [0.15, 0.2) is 11.5 Å². The van der Waals surface area contributed by atoms with E-state index in [-0.39, 0.29) is 0 Å². The van der Waals surface area contributed by atoms with Crippen molar-refractivity contribution < 1.29 is 9.47 Å². The zero-order chi connectivity index (χ0) is 18.8. The minimum Gasteiger partial charge on any atom is -0.493 e. The third kappa shape index (κ3) is 3.57. The van der Waals surface area contributed by atoms with Gasteiger partial charge in [0.2, 0.25) is 0 Å².